The standard InChI is InChI=1S/C20H18N4O2S/c1-13(2)17(26-16-11-7-6-10-15(16)12-21)18(25)22-20-24-23-19(27-20)14-8-4-3-5-9-14/h3-11,13,17H,1-2H3,(H,22,24,25). The third kappa shape index (κ3) is 4.49. The van der Waals surface area contributed by atoms with Gasteiger partial charge in [-0.1, -0.05) is 67.6 Å². The van der Waals surface area contributed by atoms with E-state index in [9.17, 15) is 10.1 Å². The number of hydrogen-bond acceptors (Lipinski definition) is 6. The van der Waals surface area contributed by atoms with Crippen LogP contribution in [0.3, 0.4) is 0 Å². The van der Waals surface area contributed by atoms with E-state index < -0.39 is 6.10 Å². The first-order valence-corrected chi connectivity index (χ1v) is 9.25. The van der Waals surface area contributed by atoms with Gasteiger partial charge in [0, 0.05) is 5.56 Å². The lowest BCUT2D eigenvalue weighted by Gasteiger charge is -2.21. The maximum atomic E-state index is 12.7. The van der Waals surface area contributed by atoms with Gasteiger partial charge in [-0.15, -0.1) is 10.2 Å². The Hall–Kier alpha value is -3.24. The number of anilines is 1. The molecule has 136 valence electrons. The fraction of sp³-hybridized carbons (Fsp3) is 0.200. The Balaban J connectivity index is 1.75. The van der Waals surface area contributed by atoms with E-state index in [1.807, 2.05) is 44.2 Å². The van der Waals surface area contributed by atoms with Crippen LogP contribution in [0.2, 0.25) is 0 Å². The minimum absolute atomic E-state index is 0.0988. The maximum Gasteiger partial charge on any atom is 0.267 e. The molecule has 0 aliphatic rings. The molecule has 1 N–H and O–H groups in total. The van der Waals surface area contributed by atoms with Crippen LogP contribution in [-0.4, -0.2) is 22.2 Å². The third-order valence-corrected chi connectivity index (χ3v) is 4.69. The predicted molar refractivity (Wildman–Crippen MR) is 104 cm³/mol. The van der Waals surface area contributed by atoms with Crippen LogP contribution in [0.1, 0.15) is 19.4 Å². The molecule has 1 atom stereocenters. The Kier molecular flexibility index (Phi) is 5.79. The summed E-state index contributed by atoms with van der Waals surface area (Å²) in [5.41, 5.74) is 1.33. The van der Waals surface area contributed by atoms with Gasteiger partial charge in [-0.05, 0) is 18.1 Å². The Morgan fingerprint density at radius 2 is 1.81 bits per heavy atom. The summed E-state index contributed by atoms with van der Waals surface area (Å²) in [7, 11) is 0. The van der Waals surface area contributed by atoms with Crippen LogP contribution in [0.25, 0.3) is 10.6 Å². The topological polar surface area (TPSA) is 87.9 Å². The van der Waals surface area contributed by atoms with Crippen LogP contribution < -0.4 is 10.1 Å². The number of hydrogen-bond donors (Lipinski definition) is 1. The SMILES string of the molecule is CC(C)C(Oc1ccccc1C#N)C(=O)Nc1nnc(-c2ccccc2)s1. The van der Waals surface area contributed by atoms with Gasteiger partial charge in [0.05, 0.1) is 5.56 Å². The molecule has 0 fully saturated rings. The second-order valence-corrected chi connectivity index (χ2v) is 7.14. The van der Waals surface area contributed by atoms with Crippen molar-refractivity contribution in [2.75, 3.05) is 5.32 Å². The van der Waals surface area contributed by atoms with Gasteiger partial charge in [0.25, 0.3) is 5.91 Å². The molecule has 27 heavy (non-hydrogen) atoms. The van der Waals surface area contributed by atoms with Crippen LogP contribution in [0.4, 0.5) is 5.13 Å². The van der Waals surface area contributed by atoms with Crippen molar-refractivity contribution in [1.82, 2.24) is 10.2 Å². The van der Waals surface area contributed by atoms with E-state index in [2.05, 4.69) is 21.6 Å². The van der Waals surface area contributed by atoms with Gasteiger partial charge >= 0.3 is 0 Å². The lowest BCUT2D eigenvalue weighted by atomic mass is 10.1. The monoisotopic (exact) mass is 378 g/mol. The number of nitriles is 1. The van der Waals surface area contributed by atoms with Crippen LogP contribution >= 0.6 is 11.3 Å². The molecule has 0 saturated carbocycles. The van der Waals surface area contributed by atoms with Crippen molar-refractivity contribution in [3.8, 4) is 22.4 Å². The number of amides is 1. The molecule has 0 radical (unpaired) electrons. The minimum atomic E-state index is -0.761. The van der Waals surface area contributed by atoms with Crippen LogP contribution in [-0.2, 0) is 4.79 Å². The van der Waals surface area contributed by atoms with Gasteiger partial charge in [-0.2, -0.15) is 5.26 Å². The molecule has 0 aliphatic heterocycles. The number of carbonyl (C=O) groups excluding carboxylic acids is 1. The van der Waals surface area contributed by atoms with E-state index in [0.717, 1.165) is 10.6 Å². The molecular formula is C20H18N4O2S. The number of benzene rings is 2. The lowest BCUT2D eigenvalue weighted by Crippen LogP contribution is -2.37. The molecule has 3 aromatic rings. The van der Waals surface area contributed by atoms with Crippen LogP contribution in [0.5, 0.6) is 5.75 Å². The van der Waals surface area contributed by atoms with Crippen molar-refractivity contribution in [2.24, 2.45) is 5.92 Å². The molecule has 0 saturated heterocycles. The highest BCUT2D eigenvalue weighted by atomic mass is 32.1. The number of carbonyl (C=O) groups is 1. The summed E-state index contributed by atoms with van der Waals surface area (Å²) in [4.78, 5) is 12.7. The third-order valence-electron chi connectivity index (χ3n) is 3.80. The molecule has 0 bridgehead atoms. The Morgan fingerprint density at radius 3 is 2.52 bits per heavy atom. The molecule has 3 rings (SSSR count). The normalized spacial score (nSPS) is 11.6. The molecule has 6 nitrogen and oxygen atoms in total. The van der Waals surface area contributed by atoms with Gasteiger partial charge in [-0.25, -0.2) is 0 Å². The first-order chi connectivity index (χ1) is 13.1. The number of nitrogens with zero attached hydrogens (tertiary/aromatic N) is 3. The molecule has 1 aromatic heterocycles. The number of para-hydroxylation sites is 1. The molecule has 2 aromatic carbocycles. The molecular weight excluding hydrogens is 360 g/mol. The summed E-state index contributed by atoms with van der Waals surface area (Å²) in [6, 6.07) is 18.6. The first kappa shape index (κ1) is 18.5. The zero-order valence-corrected chi connectivity index (χ0v) is 15.7. The van der Waals surface area contributed by atoms with E-state index in [4.69, 9.17) is 4.74 Å². The van der Waals surface area contributed by atoms with Gasteiger partial charge in [0.1, 0.15) is 16.8 Å². The van der Waals surface area contributed by atoms with Crippen molar-refractivity contribution in [1.29, 1.82) is 5.26 Å². The largest absolute Gasteiger partial charge is 0.479 e. The summed E-state index contributed by atoms with van der Waals surface area (Å²) in [6.07, 6.45) is -0.761. The lowest BCUT2D eigenvalue weighted by molar-refractivity contribution is -0.124. The van der Waals surface area contributed by atoms with Crippen molar-refractivity contribution in [3.05, 3.63) is 60.2 Å². The summed E-state index contributed by atoms with van der Waals surface area (Å²) >= 11 is 1.30. The number of ether oxygens (including phenoxy) is 1. The highest BCUT2D eigenvalue weighted by Crippen LogP contribution is 2.27. The van der Waals surface area contributed by atoms with E-state index >= 15 is 0 Å². The zero-order chi connectivity index (χ0) is 19.2. The Labute approximate surface area is 161 Å². The van der Waals surface area contributed by atoms with Crippen molar-refractivity contribution < 1.29 is 9.53 Å². The molecule has 1 unspecified atom stereocenters. The average Bonchev–Trinajstić information content (AvgIpc) is 3.15. The van der Waals surface area contributed by atoms with E-state index in [-0.39, 0.29) is 11.8 Å². The predicted octanol–water partition coefficient (Wildman–Crippen LogP) is 4.12. The van der Waals surface area contributed by atoms with Gasteiger partial charge in [-0.3, -0.25) is 10.1 Å². The second kappa shape index (κ2) is 8.43. The zero-order valence-electron chi connectivity index (χ0n) is 14.9. The number of aromatic nitrogens is 2. The fourth-order valence-corrected chi connectivity index (χ4v) is 3.19. The summed E-state index contributed by atoms with van der Waals surface area (Å²) in [6.45, 7) is 3.77. The van der Waals surface area contributed by atoms with Gasteiger partial charge in [0.2, 0.25) is 5.13 Å². The quantitative estimate of drug-likeness (QED) is 0.697. The smallest absolute Gasteiger partial charge is 0.267 e. The number of rotatable bonds is 6. The second-order valence-electron chi connectivity index (χ2n) is 6.16. The molecule has 1 heterocycles. The van der Waals surface area contributed by atoms with Gasteiger partial charge < -0.3 is 4.74 Å². The minimum Gasteiger partial charge on any atom is -0.479 e. The highest BCUT2D eigenvalue weighted by Gasteiger charge is 2.26. The Morgan fingerprint density at radius 1 is 1.11 bits per heavy atom. The molecule has 1 amide bonds. The summed E-state index contributed by atoms with van der Waals surface area (Å²) in [5.74, 6) is -0.0390. The van der Waals surface area contributed by atoms with E-state index in [0.29, 0.717) is 16.4 Å². The summed E-state index contributed by atoms with van der Waals surface area (Å²) in [5, 5.41) is 21.3. The van der Waals surface area contributed by atoms with Crippen molar-refractivity contribution >= 4 is 22.4 Å². The fourth-order valence-electron chi connectivity index (χ4n) is 2.44. The highest BCUT2D eigenvalue weighted by molar-refractivity contribution is 7.18. The van der Waals surface area contributed by atoms with Crippen LogP contribution in [0.15, 0.2) is 54.6 Å². The molecule has 0 spiro atoms. The van der Waals surface area contributed by atoms with Crippen molar-refractivity contribution in [2.45, 2.75) is 20.0 Å². The Bertz CT molecular complexity index is 963. The van der Waals surface area contributed by atoms with Gasteiger partial charge in [0.15, 0.2) is 6.10 Å². The summed E-state index contributed by atoms with van der Waals surface area (Å²) < 4.78 is 5.85. The first-order valence-electron chi connectivity index (χ1n) is 8.44. The van der Waals surface area contributed by atoms with Crippen molar-refractivity contribution in [3.63, 3.8) is 0 Å². The van der Waals surface area contributed by atoms with E-state index in [1.165, 1.54) is 11.3 Å². The number of nitrogens with one attached hydrogen (secondary N) is 1. The van der Waals surface area contributed by atoms with E-state index in [1.54, 1.807) is 24.3 Å². The van der Waals surface area contributed by atoms with Crippen LogP contribution in [0, 0.1) is 17.2 Å². The molecule has 7 heteroatoms. The maximum absolute atomic E-state index is 12.7. The average molecular weight is 378 g/mol. The molecule has 0 aliphatic carbocycles.